The molecule has 0 aliphatic heterocycles. The van der Waals surface area contributed by atoms with Crippen molar-refractivity contribution in [3.63, 3.8) is 0 Å². The van der Waals surface area contributed by atoms with Gasteiger partial charge in [0.1, 0.15) is 5.54 Å². The third kappa shape index (κ3) is 2.98. The molecule has 0 aliphatic rings. The van der Waals surface area contributed by atoms with Crippen molar-refractivity contribution in [2.45, 2.75) is 18.1 Å². The van der Waals surface area contributed by atoms with Gasteiger partial charge in [0, 0.05) is 12.2 Å². The van der Waals surface area contributed by atoms with Crippen molar-refractivity contribution in [2.75, 3.05) is 12.4 Å². The third-order valence-electron chi connectivity index (χ3n) is 1.52. The molecule has 0 aromatic rings. The number of rotatable bonds is 5. The van der Waals surface area contributed by atoms with Crippen molar-refractivity contribution in [1.82, 2.24) is 0 Å². The van der Waals surface area contributed by atoms with E-state index in [2.05, 4.69) is 12.6 Å². The molecule has 0 fully saturated rings. The van der Waals surface area contributed by atoms with Gasteiger partial charge in [-0.2, -0.15) is 12.6 Å². The number of aliphatic carboxylic acids is 1. The largest absolute Gasteiger partial charge is 0.480 e. The van der Waals surface area contributed by atoms with Crippen LogP contribution in [0.1, 0.15) is 6.42 Å². The molecule has 72 valence electrons. The fraction of sp³-hybridized carbons (Fsp3) is 0.833. The Bertz CT molecular complexity index is 166. The first kappa shape index (κ1) is 11.7. The number of carbonyl (C=O) groups is 1. The number of aliphatic hydroxyl groups is 2. The van der Waals surface area contributed by atoms with E-state index in [1.54, 1.807) is 0 Å². The summed E-state index contributed by atoms with van der Waals surface area (Å²) in [4.78, 5) is 10.5. The molecule has 0 aliphatic carbocycles. The first-order valence-electron chi connectivity index (χ1n) is 3.38. The van der Waals surface area contributed by atoms with Crippen LogP contribution in [0.2, 0.25) is 0 Å². The minimum atomic E-state index is -1.56. The van der Waals surface area contributed by atoms with Crippen LogP contribution in [0.15, 0.2) is 0 Å². The van der Waals surface area contributed by atoms with E-state index >= 15 is 0 Å². The van der Waals surface area contributed by atoms with Crippen molar-refractivity contribution in [1.29, 1.82) is 0 Å². The topological polar surface area (TPSA) is 104 Å². The predicted molar refractivity (Wildman–Crippen MR) is 46.1 cm³/mol. The molecule has 2 atom stereocenters. The van der Waals surface area contributed by atoms with Crippen molar-refractivity contribution in [2.24, 2.45) is 5.73 Å². The fourth-order valence-electron chi connectivity index (χ4n) is 0.705. The van der Waals surface area contributed by atoms with Crippen LogP contribution < -0.4 is 5.73 Å². The highest BCUT2D eigenvalue weighted by molar-refractivity contribution is 7.80. The SMILES string of the molecule is NC(CS)(CC(O)CO)C(=O)O. The molecular formula is C6H13NO4S. The van der Waals surface area contributed by atoms with E-state index in [1.807, 2.05) is 0 Å². The van der Waals surface area contributed by atoms with Crippen LogP contribution in [-0.4, -0.2) is 45.3 Å². The zero-order valence-electron chi connectivity index (χ0n) is 6.47. The van der Waals surface area contributed by atoms with Gasteiger partial charge in [0.25, 0.3) is 0 Å². The van der Waals surface area contributed by atoms with E-state index in [0.29, 0.717) is 0 Å². The lowest BCUT2D eigenvalue weighted by molar-refractivity contribution is -0.143. The number of carboxylic acids is 1. The molecule has 0 spiro atoms. The zero-order valence-corrected chi connectivity index (χ0v) is 7.37. The third-order valence-corrected chi connectivity index (χ3v) is 2.08. The Balaban J connectivity index is 4.23. The molecule has 0 aromatic carbocycles. The summed E-state index contributed by atoms with van der Waals surface area (Å²) in [6.45, 7) is -0.500. The van der Waals surface area contributed by atoms with Crippen molar-refractivity contribution < 1.29 is 20.1 Å². The van der Waals surface area contributed by atoms with Gasteiger partial charge in [0.2, 0.25) is 0 Å². The lowest BCUT2D eigenvalue weighted by Gasteiger charge is -2.24. The first-order chi connectivity index (χ1) is 5.46. The number of thiol groups is 1. The number of hydrogen-bond acceptors (Lipinski definition) is 5. The summed E-state index contributed by atoms with van der Waals surface area (Å²) in [5.74, 6) is -1.32. The Morgan fingerprint density at radius 1 is 1.67 bits per heavy atom. The van der Waals surface area contributed by atoms with Crippen LogP contribution in [0, 0.1) is 0 Å². The standard InChI is InChI=1S/C6H13NO4S/c7-6(3-12,5(10)11)1-4(9)2-8/h4,8-9,12H,1-3,7H2,(H,10,11). The van der Waals surface area contributed by atoms with E-state index in [-0.39, 0.29) is 12.2 Å². The van der Waals surface area contributed by atoms with Crippen molar-refractivity contribution in [3.8, 4) is 0 Å². The molecule has 12 heavy (non-hydrogen) atoms. The van der Waals surface area contributed by atoms with Gasteiger partial charge in [-0.25, -0.2) is 0 Å². The van der Waals surface area contributed by atoms with E-state index in [0.717, 1.165) is 0 Å². The highest BCUT2D eigenvalue weighted by atomic mass is 32.1. The number of aliphatic hydroxyl groups excluding tert-OH is 2. The van der Waals surface area contributed by atoms with Gasteiger partial charge in [0.05, 0.1) is 12.7 Å². The molecule has 0 bridgehead atoms. The molecule has 5 N–H and O–H groups in total. The van der Waals surface area contributed by atoms with Crippen molar-refractivity contribution in [3.05, 3.63) is 0 Å². The summed E-state index contributed by atoms with van der Waals surface area (Å²) in [6.07, 6.45) is -1.32. The van der Waals surface area contributed by atoms with Crippen LogP contribution in [0.3, 0.4) is 0 Å². The highest BCUT2D eigenvalue weighted by Gasteiger charge is 2.34. The van der Waals surface area contributed by atoms with Gasteiger partial charge >= 0.3 is 5.97 Å². The maximum Gasteiger partial charge on any atom is 0.324 e. The monoisotopic (exact) mass is 195 g/mol. The molecule has 0 saturated heterocycles. The molecule has 0 heterocycles. The Morgan fingerprint density at radius 3 is 2.42 bits per heavy atom. The fourth-order valence-corrected chi connectivity index (χ4v) is 0.969. The van der Waals surface area contributed by atoms with E-state index in [9.17, 15) is 4.79 Å². The quantitative estimate of drug-likeness (QED) is 0.341. The molecule has 0 saturated carbocycles. The molecule has 5 nitrogen and oxygen atoms in total. The number of carboxylic acid groups (broad SMARTS) is 1. The summed E-state index contributed by atoms with van der Waals surface area (Å²) < 4.78 is 0. The minimum absolute atomic E-state index is 0.0839. The number of hydrogen-bond donors (Lipinski definition) is 5. The summed E-state index contributed by atoms with van der Waals surface area (Å²) in [5, 5.41) is 26.0. The Labute approximate surface area is 75.6 Å². The summed E-state index contributed by atoms with van der Waals surface area (Å²) in [5.41, 5.74) is 3.81. The normalized spacial score (nSPS) is 18.3. The summed E-state index contributed by atoms with van der Waals surface area (Å²) >= 11 is 3.76. The summed E-state index contributed by atoms with van der Waals surface area (Å²) in [6, 6.07) is 0. The Kier molecular flexibility index (Phi) is 4.54. The van der Waals surface area contributed by atoms with Gasteiger partial charge in [-0.1, -0.05) is 0 Å². The van der Waals surface area contributed by atoms with Gasteiger partial charge < -0.3 is 21.1 Å². The van der Waals surface area contributed by atoms with Crippen LogP contribution in [-0.2, 0) is 4.79 Å². The predicted octanol–water partition coefficient (Wildman–Crippen LogP) is -1.56. The second-order valence-electron chi connectivity index (χ2n) is 2.66. The molecule has 0 aromatic heterocycles. The van der Waals surface area contributed by atoms with Gasteiger partial charge in [-0.15, -0.1) is 0 Å². The molecule has 0 rings (SSSR count). The maximum atomic E-state index is 10.5. The van der Waals surface area contributed by atoms with Gasteiger partial charge in [0.15, 0.2) is 0 Å². The van der Waals surface area contributed by atoms with Crippen molar-refractivity contribution >= 4 is 18.6 Å². The molecule has 2 unspecified atom stereocenters. The van der Waals surface area contributed by atoms with E-state index in [4.69, 9.17) is 21.1 Å². The molecular weight excluding hydrogens is 182 g/mol. The van der Waals surface area contributed by atoms with E-state index < -0.39 is 24.2 Å². The Morgan fingerprint density at radius 2 is 2.17 bits per heavy atom. The maximum absolute atomic E-state index is 10.5. The average molecular weight is 195 g/mol. The second kappa shape index (κ2) is 4.66. The van der Waals surface area contributed by atoms with E-state index in [1.165, 1.54) is 0 Å². The van der Waals surface area contributed by atoms with Gasteiger partial charge in [-0.05, 0) is 0 Å². The second-order valence-corrected chi connectivity index (χ2v) is 2.98. The first-order valence-corrected chi connectivity index (χ1v) is 4.01. The van der Waals surface area contributed by atoms with Crippen LogP contribution >= 0.6 is 12.6 Å². The smallest absolute Gasteiger partial charge is 0.324 e. The van der Waals surface area contributed by atoms with Crippen LogP contribution in [0.25, 0.3) is 0 Å². The summed E-state index contributed by atoms with van der Waals surface area (Å²) in [7, 11) is 0. The average Bonchev–Trinajstić information content (AvgIpc) is 2.03. The lowest BCUT2D eigenvalue weighted by Crippen LogP contribution is -2.52. The zero-order chi connectivity index (χ0) is 9.78. The molecule has 6 heteroatoms. The molecule has 0 amide bonds. The molecule has 0 radical (unpaired) electrons. The Hall–Kier alpha value is -0.300. The van der Waals surface area contributed by atoms with Crippen LogP contribution in [0.4, 0.5) is 0 Å². The minimum Gasteiger partial charge on any atom is -0.480 e. The van der Waals surface area contributed by atoms with Crippen LogP contribution in [0.5, 0.6) is 0 Å². The highest BCUT2D eigenvalue weighted by Crippen LogP contribution is 2.12. The number of nitrogens with two attached hydrogens (primary N) is 1. The van der Waals surface area contributed by atoms with Gasteiger partial charge in [-0.3, -0.25) is 4.79 Å². The lowest BCUT2D eigenvalue weighted by atomic mass is 9.96.